The second-order valence-corrected chi connectivity index (χ2v) is 7.16. The number of carbonyl (C=O) groups excluding carboxylic acids is 1. The van der Waals surface area contributed by atoms with E-state index in [2.05, 4.69) is 32.7 Å². The van der Waals surface area contributed by atoms with Gasteiger partial charge in [0.1, 0.15) is 0 Å². The lowest BCUT2D eigenvalue weighted by Gasteiger charge is -2.28. The van der Waals surface area contributed by atoms with Crippen molar-refractivity contribution in [3.8, 4) is 0 Å². The van der Waals surface area contributed by atoms with E-state index in [1.165, 1.54) is 29.8 Å². The lowest BCUT2D eigenvalue weighted by atomic mass is 10.1. The first kappa shape index (κ1) is 14.2. The van der Waals surface area contributed by atoms with Crippen LogP contribution in [0.15, 0.2) is 30.6 Å². The van der Waals surface area contributed by atoms with Crippen LogP contribution in [-0.4, -0.2) is 40.0 Å². The number of rotatable bonds is 3. The summed E-state index contributed by atoms with van der Waals surface area (Å²) in [5.74, 6) is 0.213. The number of fused-ring (bicyclic) bond motifs is 2. The summed E-state index contributed by atoms with van der Waals surface area (Å²) >= 11 is 0. The minimum absolute atomic E-state index is 0.213. The average Bonchev–Trinajstić information content (AvgIpc) is 3.21. The van der Waals surface area contributed by atoms with E-state index in [0.717, 1.165) is 38.2 Å². The van der Waals surface area contributed by atoms with Gasteiger partial charge in [0.2, 0.25) is 5.91 Å². The predicted octanol–water partition coefficient (Wildman–Crippen LogP) is 2.17. The molecule has 1 amide bonds. The highest BCUT2D eigenvalue weighted by Crippen LogP contribution is 2.37. The summed E-state index contributed by atoms with van der Waals surface area (Å²) in [6, 6.07) is 8.94. The van der Waals surface area contributed by atoms with E-state index in [-0.39, 0.29) is 5.91 Å². The number of aromatic nitrogens is 2. The quantitative estimate of drug-likeness (QED) is 0.870. The fourth-order valence-corrected chi connectivity index (χ4v) is 4.06. The van der Waals surface area contributed by atoms with Crippen molar-refractivity contribution in [1.82, 2.24) is 14.5 Å². The van der Waals surface area contributed by atoms with Crippen LogP contribution >= 0.6 is 0 Å². The van der Waals surface area contributed by atoms with Crippen molar-refractivity contribution in [3.05, 3.63) is 47.5 Å². The van der Waals surface area contributed by atoms with E-state index in [1.54, 1.807) is 0 Å². The summed E-state index contributed by atoms with van der Waals surface area (Å²) in [7, 11) is 0. The Morgan fingerprint density at radius 1 is 1.17 bits per heavy atom. The van der Waals surface area contributed by atoms with Crippen LogP contribution in [0.5, 0.6) is 0 Å². The standard InChI is InChI=1S/C19H22N4O/c24-19(22-10-7-14-3-1-2-4-17(14)22)12-21-9-8-18-16(11-21)20-13-23(18)15-5-6-15/h1-4,13,15H,5-12H2. The lowest BCUT2D eigenvalue weighted by Crippen LogP contribution is -2.42. The van der Waals surface area contributed by atoms with Gasteiger partial charge in [0.15, 0.2) is 0 Å². The number of para-hydroxylation sites is 1. The number of carbonyl (C=O) groups is 1. The number of imidazole rings is 1. The SMILES string of the molecule is O=C(CN1CCc2c(ncn2C2CC2)C1)N1CCc2ccccc21. The maximum atomic E-state index is 12.8. The predicted molar refractivity (Wildman–Crippen MR) is 92.0 cm³/mol. The number of hydrogen-bond acceptors (Lipinski definition) is 3. The van der Waals surface area contributed by atoms with Gasteiger partial charge in [0.05, 0.1) is 18.6 Å². The Labute approximate surface area is 141 Å². The number of benzene rings is 1. The van der Waals surface area contributed by atoms with Crippen molar-refractivity contribution in [2.45, 2.75) is 38.3 Å². The first-order chi connectivity index (χ1) is 11.8. The molecule has 124 valence electrons. The lowest BCUT2D eigenvalue weighted by molar-refractivity contribution is -0.119. The molecule has 1 fully saturated rings. The summed E-state index contributed by atoms with van der Waals surface area (Å²) in [5, 5.41) is 0. The number of hydrogen-bond donors (Lipinski definition) is 0. The van der Waals surface area contributed by atoms with Crippen molar-refractivity contribution >= 4 is 11.6 Å². The largest absolute Gasteiger partial charge is 0.331 e. The van der Waals surface area contributed by atoms with Crippen molar-refractivity contribution in [2.75, 3.05) is 24.5 Å². The number of amides is 1. The summed E-state index contributed by atoms with van der Waals surface area (Å²) < 4.78 is 2.37. The Morgan fingerprint density at radius 3 is 2.92 bits per heavy atom. The van der Waals surface area contributed by atoms with Crippen LogP contribution in [0.1, 0.15) is 35.8 Å². The van der Waals surface area contributed by atoms with Gasteiger partial charge in [-0.2, -0.15) is 0 Å². The Balaban J connectivity index is 1.28. The molecule has 0 bridgehead atoms. The molecule has 2 aliphatic heterocycles. The molecule has 5 rings (SSSR count). The fourth-order valence-electron chi connectivity index (χ4n) is 4.06. The van der Waals surface area contributed by atoms with Gasteiger partial charge < -0.3 is 9.47 Å². The third kappa shape index (κ3) is 2.35. The molecule has 24 heavy (non-hydrogen) atoms. The molecule has 1 aliphatic carbocycles. The van der Waals surface area contributed by atoms with E-state index >= 15 is 0 Å². The fraction of sp³-hybridized carbons (Fsp3) is 0.474. The smallest absolute Gasteiger partial charge is 0.241 e. The third-order valence-corrected chi connectivity index (χ3v) is 5.51. The second-order valence-electron chi connectivity index (χ2n) is 7.16. The molecule has 0 unspecified atom stereocenters. The Hall–Kier alpha value is -2.14. The van der Waals surface area contributed by atoms with Crippen LogP contribution in [0.25, 0.3) is 0 Å². The van der Waals surface area contributed by atoms with Crippen LogP contribution in [0.2, 0.25) is 0 Å². The van der Waals surface area contributed by atoms with E-state index < -0.39 is 0 Å². The molecule has 5 heteroatoms. The van der Waals surface area contributed by atoms with Gasteiger partial charge >= 0.3 is 0 Å². The maximum absolute atomic E-state index is 12.8. The highest BCUT2D eigenvalue weighted by atomic mass is 16.2. The first-order valence-corrected chi connectivity index (χ1v) is 8.95. The van der Waals surface area contributed by atoms with Crippen molar-refractivity contribution in [2.24, 2.45) is 0 Å². The van der Waals surface area contributed by atoms with Crippen molar-refractivity contribution < 1.29 is 4.79 Å². The molecule has 1 aromatic carbocycles. The minimum Gasteiger partial charge on any atom is -0.331 e. The molecule has 3 aliphatic rings. The molecular formula is C19H22N4O. The molecule has 0 spiro atoms. The van der Waals surface area contributed by atoms with Gasteiger partial charge in [0.25, 0.3) is 0 Å². The van der Waals surface area contributed by atoms with E-state index in [4.69, 9.17) is 0 Å². The number of nitrogens with zero attached hydrogens (tertiary/aromatic N) is 4. The summed E-state index contributed by atoms with van der Waals surface area (Å²) in [5.41, 5.74) is 4.95. The summed E-state index contributed by atoms with van der Waals surface area (Å²) in [4.78, 5) is 21.6. The molecule has 0 atom stereocenters. The molecule has 2 aromatic rings. The normalized spacial score (nSPS) is 20.1. The zero-order valence-corrected chi connectivity index (χ0v) is 13.8. The van der Waals surface area contributed by atoms with Crippen molar-refractivity contribution in [1.29, 1.82) is 0 Å². The van der Waals surface area contributed by atoms with Crippen LogP contribution in [0.3, 0.4) is 0 Å². The van der Waals surface area contributed by atoms with Gasteiger partial charge in [-0.05, 0) is 30.9 Å². The molecule has 0 N–H and O–H groups in total. The van der Waals surface area contributed by atoms with E-state index in [1.807, 2.05) is 17.3 Å². The second kappa shape index (κ2) is 5.45. The van der Waals surface area contributed by atoms with Gasteiger partial charge in [-0.25, -0.2) is 4.98 Å². The van der Waals surface area contributed by atoms with Crippen molar-refractivity contribution in [3.63, 3.8) is 0 Å². The van der Waals surface area contributed by atoms with Crippen LogP contribution < -0.4 is 4.90 Å². The summed E-state index contributed by atoms with van der Waals surface area (Å²) in [6.45, 7) is 3.06. The Kier molecular flexibility index (Phi) is 3.23. The molecular weight excluding hydrogens is 300 g/mol. The van der Waals surface area contributed by atoms with Gasteiger partial charge in [0, 0.05) is 43.5 Å². The maximum Gasteiger partial charge on any atom is 0.241 e. The number of anilines is 1. The zero-order chi connectivity index (χ0) is 16.1. The van der Waals surface area contributed by atoms with Crippen LogP contribution in [0, 0.1) is 0 Å². The van der Waals surface area contributed by atoms with Gasteiger partial charge in [-0.3, -0.25) is 9.69 Å². The van der Waals surface area contributed by atoms with Gasteiger partial charge in [-0.15, -0.1) is 0 Å². The Morgan fingerprint density at radius 2 is 2.04 bits per heavy atom. The third-order valence-electron chi connectivity index (χ3n) is 5.51. The van der Waals surface area contributed by atoms with Crippen LogP contribution in [0.4, 0.5) is 5.69 Å². The molecule has 3 heterocycles. The average molecular weight is 322 g/mol. The molecule has 0 saturated heterocycles. The van der Waals surface area contributed by atoms with E-state index in [9.17, 15) is 4.79 Å². The highest BCUT2D eigenvalue weighted by Gasteiger charge is 2.31. The molecule has 1 aromatic heterocycles. The van der Waals surface area contributed by atoms with E-state index in [0.29, 0.717) is 12.6 Å². The zero-order valence-electron chi connectivity index (χ0n) is 13.8. The highest BCUT2D eigenvalue weighted by molar-refractivity contribution is 5.96. The van der Waals surface area contributed by atoms with Gasteiger partial charge in [-0.1, -0.05) is 18.2 Å². The topological polar surface area (TPSA) is 41.4 Å². The monoisotopic (exact) mass is 322 g/mol. The molecule has 1 saturated carbocycles. The Bertz CT molecular complexity index is 792. The molecule has 0 radical (unpaired) electrons. The summed E-state index contributed by atoms with van der Waals surface area (Å²) in [6.07, 6.45) is 6.57. The molecule has 5 nitrogen and oxygen atoms in total. The first-order valence-electron chi connectivity index (χ1n) is 8.95. The van der Waals surface area contributed by atoms with Crippen LogP contribution in [-0.2, 0) is 24.2 Å². The minimum atomic E-state index is 0.213.